The van der Waals surface area contributed by atoms with Gasteiger partial charge in [-0.15, -0.1) is 0 Å². The zero-order valence-electron chi connectivity index (χ0n) is 12.5. The fraction of sp³-hybridized carbons (Fsp3) is 0.500. The van der Waals surface area contributed by atoms with Gasteiger partial charge in [0.15, 0.2) is 0 Å². The molecule has 5 heteroatoms. The van der Waals surface area contributed by atoms with Gasteiger partial charge in [0.25, 0.3) is 5.91 Å². The van der Waals surface area contributed by atoms with Gasteiger partial charge in [-0.1, -0.05) is 17.0 Å². The van der Waals surface area contributed by atoms with E-state index in [4.69, 9.17) is 0 Å². The summed E-state index contributed by atoms with van der Waals surface area (Å²) in [5.74, 6) is 6.41. The van der Waals surface area contributed by atoms with Gasteiger partial charge in [-0.2, -0.15) is 4.91 Å². The molecule has 1 N–H and O–H groups in total. The van der Waals surface area contributed by atoms with Crippen molar-refractivity contribution in [1.82, 2.24) is 10.3 Å². The maximum atomic E-state index is 12.1. The average molecular weight is 285 g/mol. The number of nitroso groups, excluding NO2 is 1. The number of nitrogens with zero attached hydrogens (tertiary/aromatic N) is 2. The highest BCUT2D eigenvalue weighted by Crippen LogP contribution is 2.27. The van der Waals surface area contributed by atoms with E-state index in [2.05, 4.69) is 27.3 Å². The summed E-state index contributed by atoms with van der Waals surface area (Å²) in [7, 11) is 0. The van der Waals surface area contributed by atoms with Crippen LogP contribution in [0.25, 0.3) is 0 Å². The summed E-state index contributed by atoms with van der Waals surface area (Å²) in [6, 6.07) is 3.05. The molecule has 0 saturated heterocycles. The molecule has 21 heavy (non-hydrogen) atoms. The molecule has 1 heterocycles. The third-order valence-electron chi connectivity index (χ3n) is 3.64. The summed E-state index contributed by atoms with van der Waals surface area (Å²) in [4.78, 5) is 26.9. The van der Waals surface area contributed by atoms with Gasteiger partial charge in [-0.25, -0.2) is 4.98 Å². The highest BCUT2D eigenvalue weighted by atomic mass is 16.3. The summed E-state index contributed by atoms with van der Waals surface area (Å²) >= 11 is 0. The molecule has 1 saturated carbocycles. The zero-order valence-corrected chi connectivity index (χ0v) is 12.5. The van der Waals surface area contributed by atoms with Crippen molar-refractivity contribution >= 4 is 5.91 Å². The molecule has 110 valence electrons. The summed E-state index contributed by atoms with van der Waals surface area (Å²) in [5, 5.41) is 5.76. The van der Waals surface area contributed by atoms with Gasteiger partial charge in [0.1, 0.15) is 11.2 Å². The van der Waals surface area contributed by atoms with Crippen LogP contribution >= 0.6 is 0 Å². The van der Waals surface area contributed by atoms with E-state index in [9.17, 15) is 9.70 Å². The number of hydrogen-bond donors (Lipinski definition) is 1. The molecule has 0 spiro atoms. The number of hydrogen-bond acceptors (Lipinski definition) is 4. The van der Waals surface area contributed by atoms with Crippen LogP contribution in [0.3, 0.4) is 0 Å². The van der Waals surface area contributed by atoms with Crippen LogP contribution < -0.4 is 5.32 Å². The zero-order chi connectivity index (χ0) is 15.5. The fourth-order valence-corrected chi connectivity index (χ4v) is 1.54. The number of carbonyl (C=O) groups is 1. The first-order valence-corrected chi connectivity index (χ1v) is 7.05. The maximum absolute atomic E-state index is 12.1. The molecule has 0 radical (unpaired) electrons. The molecule has 1 atom stereocenters. The molecule has 0 bridgehead atoms. The molecule has 1 fully saturated rings. The van der Waals surface area contributed by atoms with E-state index in [1.807, 2.05) is 0 Å². The molecule has 0 unspecified atom stereocenters. The smallest absolute Gasteiger partial charge is 0.270 e. The highest BCUT2D eigenvalue weighted by Gasteiger charge is 2.28. The quantitative estimate of drug-likeness (QED) is 0.682. The Bertz CT molecular complexity index is 592. The van der Waals surface area contributed by atoms with E-state index in [1.54, 1.807) is 39.1 Å². The lowest BCUT2D eigenvalue weighted by atomic mass is 9.97. The Balaban J connectivity index is 1.99. The first kappa shape index (κ1) is 15.2. The number of carbonyl (C=O) groups excluding carboxylic acids is 1. The number of amides is 1. The molecule has 1 aliphatic carbocycles. The molecule has 0 aromatic carbocycles. The second-order valence-corrected chi connectivity index (χ2v) is 5.92. The predicted octanol–water partition coefficient (Wildman–Crippen LogP) is 2.51. The van der Waals surface area contributed by atoms with E-state index in [0.29, 0.717) is 11.6 Å². The second kappa shape index (κ2) is 6.04. The van der Waals surface area contributed by atoms with Gasteiger partial charge in [-0.3, -0.25) is 4.79 Å². The van der Waals surface area contributed by atoms with Gasteiger partial charge in [-0.05, 0) is 45.7 Å². The van der Waals surface area contributed by atoms with Crippen LogP contribution in [0.1, 0.15) is 49.7 Å². The van der Waals surface area contributed by atoms with Crippen LogP contribution in [0, 0.1) is 22.7 Å². The van der Waals surface area contributed by atoms with Crippen molar-refractivity contribution in [3.63, 3.8) is 0 Å². The van der Waals surface area contributed by atoms with E-state index in [1.165, 1.54) is 12.8 Å². The first-order chi connectivity index (χ1) is 9.92. The molecular weight excluding hydrogens is 266 g/mol. The van der Waals surface area contributed by atoms with Crippen molar-refractivity contribution < 1.29 is 4.79 Å². The first-order valence-electron chi connectivity index (χ1n) is 7.05. The Kier molecular flexibility index (Phi) is 4.37. The van der Waals surface area contributed by atoms with Crippen molar-refractivity contribution in [3.05, 3.63) is 34.5 Å². The van der Waals surface area contributed by atoms with Gasteiger partial charge < -0.3 is 5.32 Å². The number of pyridine rings is 1. The molecule has 0 aliphatic heterocycles. The third-order valence-corrected chi connectivity index (χ3v) is 3.64. The lowest BCUT2D eigenvalue weighted by Gasteiger charge is -2.24. The normalized spacial score (nSPS) is 15.6. The Morgan fingerprint density at radius 1 is 1.48 bits per heavy atom. The largest absolute Gasteiger partial charge is 0.346 e. The van der Waals surface area contributed by atoms with Gasteiger partial charge in [0, 0.05) is 17.7 Å². The summed E-state index contributed by atoms with van der Waals surface area (Å²) in [6.45, 7) is 5.10. The minimum absolute atomic E-state index is 0.306. The van der Waals surface area contributed by atoms with Crippen LogP contribution in [-0.2, 0) is 0 Å². The van der Waals surface area contributed by atoms with Gasteiger partial charge in [0.05, 0.1) is 6.04 Å². The van der Waals surface area contributed by atoms with Crippen molar-refractivity contribution in [2.75, 3.05) is 0 Å². The van der Waals surface area contributed by atoms with Gasteiger partial charge in [0.2, 0.25) is 0 Å². The highest BCUT2D eigenvalue weighted by molar-refractivity contribution is 5.92. The van der Waals surface area contributed by atoms with Crippen LogP contribution in [0.4, 0.5) is 0 Å². The Morgan fingerprint density at radius 2 is 2.19 bits per heavy atom. The van der Waals surface area contributed by atoms with Crippen molar-refractivity contribution in [1.29, 1.82) is 0 Å². The minimum atomic E-state index is -0.856. The average Bonchev–Trinajstić information content (AvgIpc) is 3.29. The lowest BCUT2D eigenvalue weighted by Crippen LogP contribution is -2.46. The van der Waals surface area contributed by atoms with Crippen molar-refractivity contribution in [3.8, 4) is 11.8 Å². The molecular formula is C16H19N3O2. The summed E-state index contributed by atoms with van der Waals surface area (Å²) in [6.07, 6.45) is 3.96. The summed E-state index contributed by atoms with van der Waals surface area (Å²) < 4.78 is 0. The van der Waals surface area contributed by atoms with Crippen LogP contribution in [-0.4, -0.2) is 22.5 Å². The van der Waals surface area contributed by atoms with Crippen LogP contribution in [0.5, 0.6) is 0 Å². The molecule has 1 amide bonds. The van der Waals surface area contributed by atoms with Crippen molar-refractivity contribution in [2.24, 2.45) is 11.1 Å². The number of aromatic nitrogens is 1. The van der Waals surface area contributed by atoms with Crippen LogP contribution in [0.15, 0.2) is 23.5 Å². The second-order valence-electron chi connectivity index (χ2n) is 5.92. The third kappa shape index (κ3) is 4.12. The topological polar surface area (TPSA) is 71.4 Å². The Hall–Kier alpha value is -2.22. The van der Waals surface area contributed by atoms with E-state index in [-0.39, 0.29) is 11.9 Å². The molecule has 5 nitrogen and oxygen atoms in total. The Labute approximate surface area is 124 Å². The molecule has 2 rings (SSSR count). The van der Waals surface area contributed by atoms with Crippen LogP contribution in [0.2, 0.25) is 0 Å². The standard InChI is InChI=1S/C16H19N3O2/c1-11(16(2,3)19-21)18-15(20)14-9-8-13(10-17-14)7-6-12-4-5-12/h8-12H,4-5H2,1-3H3,(H,18,20)/t11-/m1/s1. The number of rotatable bonds is 4. The number of nitrogens with one attached hydrogen (secondary N) is 1. The molecule has 1 aromatic rings. The monoisotopic (exact) mass is 285 g/mol. The van der Waals surface area contributed by atoms with Gasteiger partial charge >= 0.3 is 0 Å². The van der Waals surface area contributed by atoms with E-state index in [0.717, 1.165) is 5.56 Å². The predicted molar refractivity (Wildman–Crippen MR) is 80.6 cm³/mol. The summed E-state index contributed by atoms with van der Waals surface area (Å²) in [5.41, 5.74) is 0.257. The fourth-order valence-electron chi connectivity index (χ4n) is 1.54. The van der Waals surface area contributed by atoms with E-state index >= 15 is 0 Å². The maximum Gasteiger partial charge on any atom is 0.270 e. The lowest BCUT2D eigenvalue weighted by molar-refractivity contribution is 0.0920. The minimum Gasteiger partial charge on any atom is -0.346 e. The molecule has 1 aliphatic rings. The van der Waals surface area contributed by atoms with E-state index < -0.39 is 5.54 Å². The molecule has 1 aromatic heterocycles. The Morgan fingerprint density at radius 3 is 2.71 bits per heavy atom. The van der Waals surface area contributed by atoms with Crippen molar-refractivity contribution in [2.45, 2.75) is 45.2 Å². The SMILES string of the molecule is C[C@@H](NC(=O)c1ccc(C#CC2CC2)cn1)C(C)(C)N=O.